The number of anilines is 2. The third-order valence-corrected chi connectivity index (χ3v) is 3.52. The first-order valence-corrected chi connectivity index (χ1v) is 7.64. The first kappa shape index (κ1) is 15.1. The fourth-order valence-electron chi connectivity index (χ4n) is 2.33. The maximum absolute atomic E-state index is 5.32. The van der Waals surface area contributed by atoms with Gasteiger partial charge >= 0.3 is 0 Å². The maximum atomic E-state index is 5.32. The van der Waals surface area contributed by atoms with Gasteiger partial charge < -0.3 is 15.1 Å². The summed E-state index contributed by atoms with van der Waals surface area (Å²) in [7, 11) is 0. The third kappa shape index (κ3) is 4.10. The molecule has 0 amide bonds. The number of furan rings is 1. The lowest BCUT2D eigenvalue weighted by atomic mass is 10.1. The number of hydrogen-bond donors (Lipinski definition) is 2. The molecule has 0 radical (unpaired) electrons. The minimum Gasteiger partial charge on any atom is -0.467 e. The number of aryl methyl sites for hydroxylation is 1. The van der Waals surface area contributed by atoms with Crippen LogP contribution in [0.3, 0.4) is 0 Å². The van der Waals surface area contributed by atoms with Gasteiger partial charge in [0.2, 0.25) is 5.95 Å². The van der Waals surface area contributed by atoms with Gasteiger partial charge in [-0.15, -0.1) is 0 Å². The molecule has 0 bridgehead atoms. The van der Waals surface area contributed by atoms with E-state index in [9.17, 15) is 0 Å². The Morgan fingerprint density at radius 3 is 2.65 bits per heavy atom. The highest BCUT2D eigenvalue weighted by atomic mass is 16.3. The van der Waals surface area contributed by atoms with E-state index in [1.54, 1.807) is 6.26 Å². The van der Waals surface area contributed by atoms with Crippen LogP contribution >= 0.6 is 0 Å². The highest BCUT2D eigenvalue weighted by Crippen LogP contribution is 2.18. The molecular formula is C18H20N4O. The van der Waals surface area contributed by atoms with E-state index in [0.29, 0.717) is 12.5 Å². The zero-order valence-electron chi connectivity index (χ0n) is 13.3. The minimum atomic E-state index is 0.135. The zero-order chi connectivity index (χ0) is 16.1. The highest BCUT2D eigenvalue weighted by Gasteiger charge is 2.08. The van der Waals surface area contributed by atoms with Gasteiger partial charge in [0.1, 0.15) is 11.6 Å². The smallest absolute Gasteiger partial charge is 0.225 e. The monoisotopic (exact) mass is 308 g/mol. The first-order valence-electron chi connectivity index (χ1n) is 7.64. The molecule has 0 aliphatic rings. The zero-order valence-corrected chi connectivity index (χ0v) is 13.3. The molecule has 0 saturated carbocycles. The molecule has 1 unspecified atom stereocenters. The standard InChI is InChI=1S/C18H20N4O/c1-13-11-17(19-12-16-9-6-10-23-16)22-18(20-13)21-14(2)15-7-4-3-5-8-15/h3-11,14H,12H2,1-2H3,(H2,19,20,21,22). The summed E-state index contributed by atoms with van der Waals surface area (Å²) in [6, 6.07) is 16.1. The van der Waals surface area contributed by atoms with Crippen LogP contribution in [0.15, 0.2) is 59.2 Å². The van der Waals surface area contributed by atoms with E-state index >= 15 is 0 Å². The summed E-state index contributed by atoms with van der Waals surface area (Å²) >= 11 is 0. The number of aromatic nitrogens is 2. The summed E-state index contributed by atoms with van der Waals surface area (Å²) in [5, 5.41) is 6.60. The highest BCUT2D eigenvalue weighted by molar-refractivity contribution is 5.43. The Morgan fingerprint density at radius 1 is 1.09 bits per heavy atom. The van der Waals surface area contributed by atoms with E-state index in [2.05, 4.69) is 39.7 Å². The van der Waals surface area contributed by atoms with Crippen LogP contribution in [0.4, 0.5) is 11.8 Å². The van der Waals surface area contributed by atoms with Crippen molar-refractivity contribution in [2.75, 3.05) is 10.6 Å². The number of hydrogen-bond acceptors (Lipinski definition) is 5. The summed E-state index contributed by atoms with van der Waals surface area (Å²) in [4.78, 5) is 8.98. The number of rotatable bonds is 6. The van der Waals surface area contributed by atoms with Crippen molar-refractivity contribution in [3.8, 4) is 0 Å². The van der Waals surface area contributed by atoms with Crippen molar-refractivity contribution in [2.24, 2.45) is 0 Å². The molecule has 2 N–H and O–H groups in total. The molecule has 1 aromatic carbocycles. The van der Waals surface area contributed by atoms with Crippen LogP contribution in [0.5, 0.6) is 0 Å². The molecule has 1 atom stereocenters. The average molecular weight is 308 g/mol. The van der Waals surface area contributed by atoms with E-state index in [1.165, 1.54) is 5.56 Å². The topological polar surface area (TPSA) is 63.0 Å². The molecule has 2 heterocycles. The molecule has 2 aromatic heterocycles. The van der Waals surface area contributed by atoms with Gasteiger partial charge in [0.15, 0.2) is 0 Å². The predicted molar refractivity (Wildman–Crippen MR) is 91.3 cm³/mol. The minimum absolute atomic E-state index is 0.135. The number of benzene rings is 1. The lowest BCUT2D eigenvalue weighted by molar-refractivity contribution is 0.518. The van der Waals surface area contributed by atoms with Crippen molar-refractivity contribution >= 4 is 11.8 Å². The summed E-state index contributed by atoms with van der Waals surface area (Å²) in [6.45, 7) is 4.65. The second kappa shape index (κ2) is 6.96. The Balaban J connectivity index is 1.70. The van der Waals surface area contributed by atoms with Crippen molar-refractivity contribution in [1.29, 1.82) is 0 Å². The van der Waals surface area contributed by atoms with E-state index in [0.717, 1.165) is 17.3 Å². The number of nitrogens with zero attached hydrogens (tertiary/aromatic N) is 2. The van der Waals surface area contributed by atoms with E-state index < -0.39 is 0 Å². The first-order chi connectivity index (χ1) is 11.2. The molecule has 0 aliphatic carbocycles. The Labute approximate surface area is 135 Å². The van der Waals surface area contributed by atoms with Crippen LogP contribution < -0.4 is 10.6 Å². The molecule has 118 valence electrons. The second-order valence-corrected chi connectivity index (χ2v) is 5.43. The van der Waals surface area contributed by atoms with Crippen molar-refractivity contribution < 1.29 is 4.42 Å². The fraction of sp³-hybridized carbons (Fsp3) is 0.222. The van der Waals surface area contributed by atoms with Crippen LogP contribution in [0.1, 0.15) is 30.0 Å². The molecule has 5 nitrogen and oxygen atoms in total. The quantitative estimate of drug-likeness (QED) is 0.716. The van der Waals surface area contributed by atoms with Gasteiger partial charge in [0.25, 0.3) is 0 Å². The normalized spacial score (nSPS) is 11.9. The Kier molecular flexibility index (Phi) is 4.57. The lowest BCUT2D eigenvalue weighted by Gasteiger charge is -2.15. The van der Waals surface area contributed by atoms with Crippen LogP contribution in [0.25, 0.3) is 0 Å². The number of nitrogens with one attached hydrogen (secondary N) is 2. The molecule has 0 fully saturated rings. The van der Waals surface area contributed by atoms with Crippen LogP contribution in [-0.2, 0) is 6.54 Å². The average Bonchev–Trinajstić information content (AvgIpc) is 3.07. The molecule has 23 heavy (non-hydrogen) atoms. The van der Waals surface area contributed by atoms with Gasteiger partial charge in [-0.3, -0.25) is 0 Å². The summed E-state index contributed by atoms with van der Waals surface area (Å²) in [6.07, 6.45) is 1.66. The second-order valence-electron chi connectivity index (χ2n) is 5.43. The van der Waals surface area contributed by atoms with Gasteiger partial charge in [-0.1, -0.05) is 30.3 Å². The Hall–Kier alpha value is -2.82. The molecular weight excluding hydrogens is 288 g/mol. The third-order valence-electron chi connectivity index (χ3n) is 3.52. The van der Waals surface area contributed by atoms with Crippen molar-refractivity contribution in [2.45, 2.75) is 26.4 Å². The van der Waals surface area contributed by atoms with Gasteiger partial charge in [0.05, 0.1) is 18.8 Å². The summed E-state index contributed by atoms with van der Waals surface area (Å²) < 4.78 is 5.32. The van der Waals surface area contributed by atoms with Crippen LogP contribution in [-0.4, -0.2) is 9.97 Å². The van der Waals surface area contributed by atoms with Crippen molar-refractivity contribution in [3.63, 3.8) is 0 Å². The van der Waals surface area contributed by atoms with E-state index in [4.69, 9.17) is 4.42 Å². The maximum Gasteiger partial charge on any atom is 0.225 e. The Morgan fingerprint density at radius 2 is 1.91 bits per heavy atom. The molecule has 5 heteroatoms. The molecule has 0 aliphatic heterocycles. The molecule has 3 aromatic rings. The summed E-state index contributed by atoms with van der Waals surface area (Å²) in [5.41, 5.74) is 2.10. The molecule has 3 rings (SSSR count). The van der Waals surface area contributed by atoms with Gasteiger partial charge in [-0.2, -0.15) is 4.98 Å². The van der Waals surface area contributed by atoms with Gasteiger partial charge in [-0.25, -0.2) is 4.98 Å². The van der Waals surface area contributed by atoms with Crippen molar-refractivity contribution in [3.05, 3.63) is 71.8 Å². The van der Waals surface area contributed by atoms with E-state index in [-0.39, 0.29) is 6.04 Å². The van der Waals surface area contributed by atoms with Crippen molar-refractivity contribution in [1.82, 2.24) is 9.97 Å². The summed E-state index contributed by atoms with van der Waals surface area (Å²) in [5.74, 6) is 2.26. The molecule has 0 spiro atoms. The van der Waals surface area contributed by atoms with Crippen LogP contribution in [0, 0.1) is 6.92 Å². The largest absolute Gasteiger partial charge is 0.467 e. The van der Waals surface area contributed by atoms with Crippen LogP contribution in [0.2, 0.25) is 0 Å². The van der Waals surface area contributed by atoms with Gasteiger partial charge in [-0.05, 0) is 31.5 Å². The Bertz CT molecular complexity index is 741. The fourth-order valence-corrected chi connectivity index (χ4v) is 2.33. The predicted octanol–water partition coefficient (Wildman–Crippen LogP) is 4.16. The molecule has 0 saturated heterocycles. The van der Waals surface area contributed by atoms with Gasteiger partial charge in [0, 0.05) is 11.8 Å². The SMILES string of the molecule is Cc1cc(NCc2ccco2)nc(NC(C)c2ccccc2)n1. The lowest BCUT2D eigenvalue weighted by Crippen LogP contribution is -2.11. The van der Waals surface area contributed by atoms with E-state index in [1.807, 2.05) is 43.3 Å².